The van der Waals surface area contributed by atoms with Crippen LogP contribution in [-0.2, 0) is 4.79 Å². The zero-order valence-electron chi connectivity index (χ0n) is 15.6. The van der Waals surface area contributed by atoms with Crippen LogP contribution < -0.4 is 15.0 Å². The number of piperazine rings is 1. The van der Waals surface area contributed by atoms with Gasteiger partial charge in [-0.25, -0.2) is 4.98 Å². The van der Waals surface area contributed by atoms with Gasteiger partial charge in [-0.1, -0.05) is 11.6 Å². The van der Waals surface area contributed by atoms with E-state index >= 15 is 0 Å². The maximum absolute atomic E-state index is 12.4. The number of aromatic nitrogens is 2. The standard InChI is InChI=1S/C19H24ClN5O2/c1-3-21-17-12-14(2)22-19(23-17)25-10-8-24(9-11-25)18(26)13-27-16-6-4-15(20)5-7-16/h4-7,12H,3,8-11,13H2,1-2H3,(H,21,22,23). The summed E-state index contributed by atoms with van der Waals surface area (Å²) in [6, 6.07) is 8.92. The van der Waals surface area contributed by atoms with E-state index in [1.165, 1.54) is 0 Å². The van der Waals surface area contributed by atoms with Crippen LogP contribution in [0.5, 0.6) is 5.75 Å². The molecule has 0 unspecified atom stereocenters. The first-order chi connectivity index (χ1) is 13.0. The van der Waals surface area contributed by atoms with E-state index in [0.717, 1.165) is 18.1 Å². The summed E-state index contributed by atoms with van der Waals surface area (Å²) in [7, 11) is 0. The lowest BCUT2D eigenvalue weighted by atomic mass is 10.3. The minimum atomic E-state index is -0.0249. The lowest BCUT2D eigenvalue weighted by Crippen LogP contribution is -2.50. The molecule has 1 saturated heterocycles. The summed E-state index contributed by atoms with van der Waals surface area (Å²) in [5.41, 5.74) is 0.922. The Kier molecular flexibility index (Phi) is 6.34. The zero-order valence-corrected chi connectivity index (χ0v) is 16.4. The molecule has 2 heterocycles. The largest absolute Gasteiger partial charge is 0.484 e. The quantitative estimate of drug-likeness (QED) is 0.818. The van der Waals surface area contributed by atoms with E-state index in [-0.39, 0.29) is 12.5 Å². The molecule has 0 aliphatic carbocycles. The molecule has 2 aromatic rings. The predicted octanol–water partition coefficient (Wildman–Crippen LogP) is 2.60. The van der Waals surface area contributed by atoms with Crippen molar-refractivity contribution in [3.8, 4) is 5.75 Å². The molecule has 1 aromatic heterocycles. The van der Waals surface area contributed by atoms with Gasteiger partial charge in [-0.3, -0.25) is 4.79 Å². The molecule has 1 fully saturated rings. The number of rotatable bonds is 6. The van der Waals surface area contributed by atoms with Crippen molar-refractivity contribution in [1.82, 2.24) is 14.9 Å². The van der Waals surface area contributed by atoms with Crippen LogP contribution in [-0.4, -0.2) is 60.1 Å². The third kappa shape index (κ3) is 5.23. The van der Waals surface area contributed by atoms with E-state index in [1.54, 1.807) is 24.3 Å². The third-order valence-corrected chi connectivity index (χ3v) is 4.54. The Hall–Kier alpha value is -2.54. The van der Waals surface area contributed by atoms with E-state index in [1.807, 2.05) is 24.8 Å². The van der Waals surface area contributed by atoms with E-state index in [4.69, 9.17) is 16.3 Å². The van der Waals surface area contributed by atoms with Gasteiger partial charge in [0, 0.05) is 49.5 Å². The molecule has 1 aromatic carbocycles. The summed E-state index contributed by atoms with van der Waals surface area (Å²) < 4.78 is 5.55. The summed E-state index contributed by atoms with van der Waals surface area (Å²) in [5.74, 6) is 2.14. The molecule has 1 aliphatic heterocycles. The van der Waals surface area contributed by atoms with Gasteiger partial charge in [0.25, 0.3) is 5.91 Å². The summed E-state index contributed by atoms with van der Waals surface area (Å²) in [4.78, 5) is 25.4. The van der Waals surface area contributed by atoms with Crippen LogP contribution in [0.1, 0.15) is 12.6 Å². The second-order valence-corrected chi connectivity index (χ2v) is 6.77. The van der Waals surface area contributed by atoms with Gasteiger partial charge >= 0.3 is 0 Å². The molecule has 0 spiro atoms. The first-order valence-electron chi connectivity index (χ1n) is 9.06. The number of hydrogen-bond donors (Lipinski definition) is 1. The Bertz CT molecular complexity index is 776. The molecule has 7 nitrogen and oxygen atoms in total. The molecule has 1 aliphatic rings. The zero-order chi connectivity index (χ0) is 19.2. The molecule has 8 heteroatoms. The normalized spacial score (nSPS) is 14.2. The predicted molar refractivity (Wildman–Crippen MR) is 107 cm³/mol. The third-order valence-electron chi connectivity index (χ3n) is 4.29. The summed E-state index contributed by atoms with van der Waals surface area (Å²) in [6.07, 6.45) is 0. The molecular formula is C19H24ClN5O2. The summed E-state index contributed by atoms with van der Waals surface area (Å²) in [5, 5.41) is 3.86. The topological polar surface area (TPSA) is 70.6 Å². The Labute approximate surface area is 164 Å². The van der Waals surface area contributed by atoms with Crippen LogP contribution in [0.4, 0.5) is 11.8 Å². The Morgan fingerprint density at radius 3 is 2.56 bits per heavy atom. The van der Waals surface area contributed by atoms with Crippen LogP contribution >= 0.6 is 11.6 Å². The number of nitrogens with zero attached hydrogens (tertiary/aromatic N) is 4. The summed E-state index contributed by atoms with van der Waals surface area (Å²) >= 11 is 5.85. The van der Waals surface area contributed by atoms with E-state index in [9.17, 15) is 4.79 Å². The molecule has 1 amide bonds. The highest BCUT2D eigenvalue weighted by Gasteiger charge is 2.23. The Morgan fingerprint density at radius 2 is 1.89 bits per heavy atom. The lowest BCUT2D eigenvalue weighted by Gasteiger charge is -2.34. The highest BCUT2D eigenvalue weighted by molar-refractivity contribution is 6.30. The van der Waals surface area contributed by atoms with E-state index < -0.39 is 0 Å². The lowest BCUT2D eigenvalue weighted by molar-refractivity contribution is -0.133. The second kappa shape index (κ2) is 8.90. The fourth-order valence-electron chi connectivity index (χ4n) is 2.89. The highest BCUT2D eigenvalue weighted by Crippen LogP contribution is 2.17. The number of amides is 1. The number of hydrogen-bond acceptors (Lipinski definition) is 6. The number of carbonyl (C=O) groups excluding carboxylic acids is 1. The summed E-state index contributed by atoms with van der Waals surface area (Å²) in [6.45, 7) is 7.46. The fourth-order valence-corrected chi connectivity index (χ4v) is 3.01. The van der Waals surface area contributed by atoms with Gasteiger partial charge < -0.3 is 19.9 Å². The molecule has 0 bridgehead atoms. The van der Waals surface area contributed by atoms with E-state index in [0.29, 0.717) is 42.9 Å². The van der Waals surface area contributed by atoms with Crippen molar-refractivity contribution in [3.63, 3.8) is 0 Å². The fraction of sp³-hybridized carbons (Fsp3) is 0.421. The molecule has 27 heavy (non-hydrogen) atoms. The molecule has 0 radical (unpaired) electrons. The van der Waals surface area contributed by atoms with Gasteiger partial charge in [-0.15, -0.1) is 0 Å². The van der Waals surface area contributed by atoms with Crippen molar-refractivity contribution in [1.29, 1.82) is 0 Å². The number of benzene rings is 1. The van der Waals surface area contributed by atoms with Gasteiger partial charge in [-0.05, 0) is 38.1 Å². The maximum atomic E-state index is 12.4. The second-order valence-electron chi connectivity index (χ2n) is 6.34. The van der Waals surface area contributed by atoms with Crippen molar-refractivity contribution < 1.29 is 9.53 Å². The van der Waals surface area contributed by atoms with Crippen molar-refractivity contribution in [2.45, 2.75) is 13.8 Å². The van der Waals surface area contributed by atoms with Crippen molar-refractivity contribution >= 4 is 29.3 Å². The van der Waals surface area contributed by atoms with Gasteiger partial charge in [0.15, 0.2) is 6.61 Å². The van der Waals surface area contributed by atoms with Gasteiger partial charge in [0.1, 0.15) is 11.6 Å². The van der Waals surface area contributed by atoms with E-state index in [2.05, 4.69) is 20.2 Å². The molecule has 144 valence electrons. The van der Waals surface area contributed by atoms with Gasteiger partial charge in [0.05, 0.1) is 0 Å². The van der Waals surface area contributed by atoms with Crippen molar-refractivity contribution in [2.75, 3.05) is 49.5 Å². The number of ether oxygens (including phenoxy) is 1. The molecule has 0 atom stereocenters. The average Bonchev–Trinajstić information content (AvgIpc) is 2.67. The average molecular weight is 390 g/mol. The highest BCUT2D eigenvalue weighted by atomic mass is 35.5. The Morgan fingerprint density at radius 1 is 1.19 bits per heavy atom. The van der Waals surface area contributed by atoms with Gasteiger partial charge in [-0.2, -0.15) is 4.98 Å². The number of halogens is 1. The number of anilines is 2. The first-order valence-corrected chi connectivity index (χ1v) is 9.43. The first kappa shape index (κ1) is 19.2. The Balaban J connectivity index is 1.52. The van der Waals surface area contributed by atoms with Crippen LogP contribution in [0.25, 0.3) is 0 Å². The van der Waals surface area contributed by atoms with Crippen LogP contribution in [0, 0.1) is 6.92 Å². The van der Waals surface area contributed by atoms with Crippen LogP contribution in [0.3, 0.4) is 0 Å². The number of nitrogens with one attached hydrogen (secondary N) is 1. The molecule has 1 N–H and O–H groups in total. The SMILES string of the molecule is CCNc1cc(C)nc(N2CCN(C(=O)COc3ccc(Cl)cc3)CC2)n1. The smallest absolute Gasteiger partial charge is 0.260 e. The number of aryl methyl sites for hydroxylation is 1. The van der Waals surface area contributed by atoms with Crippen molar-refractivity contribution in [3.05, 3.63) is 41.0 Å². The van der Waals surface area contributed by atoms with Crippen LogP contribution in [0.2, 0.25) is 5.02 Å². The minimum absolute atomic E-state index is 0.0210. The maximum Gasteiger partial charge on any atom is 0.260 e. The molecule has 0 saturated carbocycles. The monoisotopic (exact) mass is 389 g/mol. The van der Waals surface area contributed by atoms with Gasteiger partial charge in [0.2, 0.25) is 5.95 Å². The molecular weight excluding hydrogens is 366 g/mol. The van der Waals surface area contributed by atoms with Crippen molar-refractivity contribution in [2.24, 2.45) is 0 Å². The van der Waals surface area contributed by atoms with Crippen LogP contribution in [0.15, 0.2) is 30.3 Å². The number of carbonyl (C=O) groups is 1. The molecule has 3 rings (SSSR count). The minimum Gasteiger partial charge on any atom is -0.484 e.